The van der Waals surface area contributed by atoms with E-state index in [4.69, 9.17) is 17.0 Å². The molecule has 0 saturated carbocycles. The highest BCUT2D eigenvalue weighted by molar-refractivity contribution is 7.80. The van der Waals surface area contributed by atoms with Crippen LogP contribution in [0.15, 0.2) is 30.3 Å². The minimum Gasteiger partial charge on any atom is -0.457 e. The van der Waals surface area contributed by atoms with Crippen molar-refractivity contribution < 1.29 is 18.3 Å². The largest absolute Gasteiger partial charge is 0.457 e. The van der Waals surface area contributed by atoms with Crippen molar-refractivity contribution in [1.29, 1.82) is 0 Å². The first-order valence-electron chi connectivity index (χ1n) is 8.47. The summed E-state index contributed by atoms with van der Waals surface area (Å²) in [6, 6.07) is 6.53. The second-order valence-electron chi connectivity index (χ2n) is 6.24. The van der Waals surface area contributed by atoms with Gasteiger partial charge in [-0.25, -0.2) is 13.6 Å². The maximum absolute atomic E-state index is 13.7. The lowest BCUT2D eigenvalue weighted by Gasteiger charge is -2.20. The van der Waals surface area contributed by atoms with Gasteiger partial charge in [-0.1, -0.05) is 0 Å². The van der Waals surface area contributed by atoms with Crippen molar-refractivity contribution in [3.63, 3.8) is 0 Å². The summed E-state index contributed by atoms with van der Waals surface area (Å²) in [4.78, 5) is 14.3. The Balaban J connectivity index is 2.14. The van der Waals surface area contributed by atoms with E-state index in [9.17, 15) is 13.6 Å². The third-order valence-corrected chi connectivity index (χ3v) is 4.63. The van der Waals surface area contributed by atoms with Gasteiger partial charge in [-0.15, -0.1) is 0 Å². The van der Waals surface area contributed by atoms with Crippen molar-refractivity contribution in [2.24, 2.45) is 0 Å². The Hall–Kier alpha value is -2.54. The van der Waals surface area contributed by atoms with Crippen LogP contribution in [-0.2, 0) is 11.3 Å². The summed E-state index contributed by atoms with van der Waals surface area (Å²) in [7, 11) is 1.88. The first-order valence-corrected chi connectivity index (χ1v) is 8.88. The zero-order valence-corrected chi connectivity index (χ0v) is 16.5. The molecular weight excluding hydrogens is 370 g/mol. The molecule has 0 radical (unpaired) electrons. The number of carbonyl (C=O) groups excluding carboxylic acids is 1. The maximum Gasteiger partial charge on any atom is 0.338 e. The van der Waals surface area contributed by atoms with Crippen LogP contribution in [0.3, 0.4) is 0 Å². The molecule has 144 valence electrons. The summed E-state index contributed by atoms with van der Waals surface area (Å²) in [6.07, 6.45) is 0. The molecule has 0 spiro atoms. The van der Waals surface area contributed by atoms with Crippen LogP contribution < -0.4 is 5.32 Å². The highest BCUT2D eigenvalue weighted by Gasteiger charge is 2.15. The third-order valence-electron chi connectivity index (χ3n) is 4.22. The summed E-state index contributed by atoms with van der Waals surface area (Å²) in [6.45, 7) is 6.04. The minimum atomic E-state index is -0.620. The molecule has 0 aromatic heterocycles. The minimum absolute atomic E-state index is 0.0102. The number of carbonyl (C=O) groups is 1. The van der Waals surface area contributed by atoms with Gasteiger partial charge in [0.25, 0.3) is 0 Å². The zero-order valence-electron chi connectivity index (χ0n) is 15.7. The number of thiocarbonyl (C=S) groups is 1. The fourth-order valence-electron chi connectivity index (χ4n) is 2.40. The lowest BCUT2D eigenvalue weighted by Crippen LogP contribution is -2.31. The number of nitrogens with zero attached hydrogens (tertiary/aromatic N) is 1. The smallest absolute Gasteiger partial charge is 0.338 e. The van der Waals surface area contributed by atoms with Crippen molar-refractivity contribution >= 4 is 29.0 Å². The van der Waals surface area contributed by atoms with Gasteiger partial charge in [-0.05, 0) is 74.4 Å². The van der Waals surface area contributed by atoms with E-state index in [2.05, 4.69) is 5.32 Å². The van der Waals surface area contributed by atoms with Crippen molar-refractivity contribution in [2.45, 2.75) is 27.4 Å². The Bertz CT molecular complexity index is 871. The summed E-state index contributed by atoms with van der Waals surface area (Å²) in [5, 5.41) is 3.73. The van der Waals surface area contributed by atoms with Crippen LogP contribution in [0.4, 0.5) is 14.5 Å². The zero-order chi connectivity index (χ0) is 20.1. The van der Waals surface area contributed by atoms with E-state index in [0.717, 1.165) is 36.0 Å². The molecule has 0 amide bonds. The number of benzene rings is 2. The normalized spacial score (nSPS) is 10.4. The molecule has 0 fully saturated rings. The second kappa shape index (κ2) is 8.90. The third kappa shape index (κ3) is 5.23. The van der Waals surface area contributed by atoms with Gasteiger partial charge >= 0.3 is 5.97 Å². The molecule has 0 atom stereocenters. The number of anilines is 1. The lowest BCUT2D eigenvalue weighted by atomic mass is 10.0. The molecule has 0 saturated heterocycles. The Morgan fingerprint density at radius 1 is 1.19 bits per heavy atom. The van der Waals surface area contributed by atoms with Crippen LogP contribution in [0.5, 0.6) is 0 Å². The fraction of sp³-hybridized carbons (Fsp3) is 0.300. The molecular formula is C20H22F2N2O2S. The first-order chi connectivity index (χ1) is 12.7. The molecule has 7 heteroatoms. The Morgan fingerprint density at radius 2 is 1.89 bits per heavy atom. The number of rotatable bonds is 5. The average Bonchev–Trinajstić information content (AvgIpc) is 2.64. The number of ether oxygens (including phenoxy) is 1. The highest BCUT2D eigenvalue weighted by atomic mass is 32.1. The van der Waals surface area contributed by atoms with Gasteiger partial charge in [0, 0.05) is 24.8 Å². The van der Waals surface area contributed by atoms with Crippen molar-refractivity contribution in [1.82, 2.24) is 4.90 Å². The van der Waals surface area contributed by atoms with E-state index < -0.39 is 17.6 Å². The monoisotopic (exact) mass is 392 g/mol. The predicted molar refractivity (Wildman–Crippen MR) is 106 cm³/mol. The van der Waals surface area contributed by atoms with Gasteiger partial charge in [0.15, 0.2) is 5.11 Å². The van der Waals surface area contributed by atoms with Gasteiger partial charge in [0.2, 0.25) is 0 Å². The molecule has 4 nitrogen and oxygen atoms in total. The molecule has 0 aliphatic rings. The summed E-state index contributed by atoms with van der Waals surface area (Å²) >= 11 is 5.32. The van der Waals surface area contributed by atoms with E-state index in [1.165, 1.54) is 0 Å². The maximum atomic E-state index is 13.7. The summed E-state index contributed by atoms with van der Waals surface area (Å²) < 4.78 is 32.0. The van der Waals surface area contributed by atoms with Gasteiger partial charge in [0.05, 0.1) is 5.56 Å². The highest BCUT2D eigenvalue weighted by Crippen LogP contribution is 2.22. The van der Waals surface area contributed by atoms with E-state index in [1.54, 1.807) is 13.0 Å². The topological polar surface area (TPSA) is 41.6 Å². The van der Waals surface area contributed by atoms with Gasteiger partial charge in [0.1, 0.15) is 18.2 Å². The second-order valence-corrected chi connectivity index (χ2v) is 6.62. The Morgan fingerprint density at radius 3 is 2.56 bits per heavy atom. The van der Waals surface area contributed by atoms with Crippen molar-refractivity contribution in [3.05, 3.63) is 64.2 Å². The first kappa shape index (κ1) is 20.8. The average molecular weight is 392 g/mol. The summed E-state index contributed by atoms with van der Waals surface area (Å²) in [5.74, 6) is -1.80. The Labute approximate surface area is 163 Å². The number of nitrogens with one attached hydrogen (secondary N) is 1. The SMILES string of the molecule is CCN(C)C(=S)Nc1cc(C)c(C(=O)OCc2cc(F)ccc2F)cc1C. The molecule has 0 bridgehead atoms. The standard InChI is InChI=1S/C20H22F2N2O2S/c1-5-24(4)20(27)23-18-9-12(2)16(8-13(18)3)19(25)26-11-14-10-15(21)6-7-17(14)22/h6-10H,5,11H2,1-4H3,(H,23,27). The van der Waals surface area contributed by atoms with E-state index >= 15 is 0 Å². The van der Waals surface area contributed by atoms with Gasteiger partial charge in [-0.2, -0.15) is 0 Å². The van der Waals surface area contributed by atoms with E-state index in [0.29, 0.717) is 16.2 Å². The van der Waals surface area contributed by atoms with Crippen LogP contribution in [0.2, 0.25) is 0 Å². The Kier molecular flexibility index (Phi) is 6.85. The molecule has 1 N–H and O–H groups in total. The molecule has 2 aromatic rings. The van der Waals surface area contributed by atoms with Crippen molar-refractivity contribution in [2.75, 3.05) is 18.9 Å². The molecule has 2 aromatic carbocycles. The van der Waals surface area contributed by atoms with Crippen LogP contribution >= 0.6 is 12.2 Å². The number of hydrogen-bond donors (Lipinski definition) is 1. The van der Waals surface area contributed by atoms with Gasteiger partial charge in [-0.3, -0.25) is 0 Å². The lowest BCUT2D eigenvalue weighted by molar-refractivity contribution is 0.0467. The molecule has 0 aliphatic heterocycles. The molecule has 0 unspecified atom stereocenters. The summed E-state index contributed by atoms with van der Waals surface area (Å²) in [5.41, 5.74) is 2.66. The van der Waals surface area contributed by atoms with Crippen LogP contribution in [0.1, 0.15) is 34.0 Å². The van der Waals surface area contributed by atoms with E-state index in [1.807, 2.05) is 31.9 Å². The molecule has 2 rings (SSSR count). The van der Waals surface area contributed by atoms with Crippen LogP contribution in [0, 0.1) is 25.5 Å². The number of halogens is 2. The number of aryl methyl sites for hydroxylation is 2. The van der Waals surface area contributed by atoms with Crippen LogP contribution in [-0.4, -0.2) is 29.6 Å². The quantitative estimate of drug-likeness (QED) is 0.596. The fourth-order valence-corrected chi connectivity index (χ4v) is 2.64. The predicted octanol–water partition coefficient (Wildman–Crippen LogP) is 4.59. The van der Waals surface area contributed by atoms with E-state index in [-0.39, 0.29) is 12.2 Å². The van der Waals surface area contributed by atoms with Gasteiger partial charge < -0.3 is 15.0 Å². The number of esters is 1. The molecule has 27 heavy (non-hydrogen) atoms. The van der Waals surface area contributed by atoms with Crippen LogP contribution in [0.25, 0.3) is 0 Å². The number of hydrogen-bond acceptors (Lipinski definition) is 3. The molecule has 0 heterocycles. The molecule has 0 aliphatic carbocycles. The van der Waals surface area contributed by atoms with Crippen molar-refractivity contribution in [3.8, 4) is 0 Å².